The molecular weight excluding hydrogens is 426 g/mol. The molecule has 0 saturated carbocycles. The molecular formula is C27H27N5O2. The van der Waals surface area contributed by atoms with Gasteiger partial charge in [0.05, 0.1) is 0 Å². The van der Waals surface area contributed by atoms with Crippen molar-refractivity contribution in [1.82, 2.24) is 14.9 Å². The molecule has 2 aromatic carbocycles. The number of para-hydroxylation sites is 1. The highest BCUT2D eigenvalue weighted by Crippen LogP contribution is 2.21. The lowest BCUT2D eigenvalue weighted by atomic mass is 10.0. The topological polar surface area (TPSA) is 81.3 Å². The van der Waals surface area contributed by atoms with Crippen LogP contribution in [-0.4, -0.2) is 52.4 Å². The second-order valence-corrected chi connectivity index (χ2v) is 8.52. The third kappa shape index (κ3) is 4.78. The lowest BCUT2D eigenvalue weighted by Crippen LogP contribution is -2.47. The van der Waals surface area contributed by atoms with Crippen LogP contribution in [0.4, 0.5) is 11.5 Å². The number of carbonyl (C=O) groups excluding carboxylic acids is 2. The number of piperidine rings is 1. The summed E-state index contributed by atoms with van der Waals surface area (Å²) in [6.45, 7) is 1.30. The van der Waals surface area contributed by atoms with Crippen molar-refractivity contribution in [3.05, 3.63) is 90.8 Å². The van der Waals surface area contributed by atoms with Gasteiger partial charge in [0.15, 0.2) is 0 Å². The number of pyridine rings is 1. The molecule has 2 N–H and O–H groups in total. The number of fused-ring (bicyclic) bond motifs is 1. The van der Waals surface area contributed by atoms with E-state index in [-0.39, 0.29) is 24.4 Å². The highest BCUT2D eigenvalue weighted by molar-refractivity contribution is 6.10. The summed E-state index contributed by atoms with van der Waals surface area (Å²) < 4.78 is 0. The summed E-state index contributed by atoms with van der Waals surface area (Å²) in [7, 11) is 0. The third-order valence-corrected chi connectivity index (χ3v) is 6.27. The van der Waals surface area contributed by atoms with Gasteiger partial charge in [-0.3, -0.25) is 14.5 Å². The van der Waals surface area contributed by atoms with Crippen LogP contribution in [0.2, 0.25) is 0 Å². The molecule has 0 atom stereocenters. The van der Waals surface area contributed by atoms with E-state index in [9.17, 15) is 9.59 Å². The molecule has 1 fully saturated rings. The molecule has 1 aliphatic heterocycles. The van der Waals surface area contributed by atoms with Gasteiger partial charge in [-0.2, -0.15) is 0 Å². The predicted molar refractivity (Wildman–Crippen MR) is 134 cm³/mol. The number of likely N-dealkylation sites (tertiary alicyclic amines) is 1. The maximum Gasteiger partial charge on any atom is 0.258 e. The van der Waals surface area contributed by atoms with Crippen molar-refractivity contribution >= 4 is 34.2 Å². The lowest BCUT2D eigenvalue weighted by molar-refractivity contribution is -0.130. The lowest BCUT2D eigenvalue weighted by Gasteiger charge is -2.34. The van der Waals surface area contributed by atoms with Crippen molar-refractivity contribution in [1.29, 1.82) is 0 Å². The number of benzene rings is 2. The number of rotatable bonds is 6. The zero-order valence-corrected chi connectivity index (χ0v) is 18.9. The Morgan fingerprint density at radius 2 is 1.79 bits per heavy atom. The number of anilines is 2. The molecule has 34 heavy (non-hydrogen) atoms. The summed E-state index contributed by atoms with van der Waals surface area (Å²) in [5.74, 6) is 0.615. The fraction of sp³-hybridized carbons (Fsp3) is 0.222. The van der Waals surface area contributed by atoms with E-state index in [1.54, 1.807) is 11.1 Å². The van der Waals surface area contributed by atoms with Crippen LogP contribution in [0, 0.1) is 0 Å². The highest BCUT2D eigenvalue weighted by Gasteiger charge is 2.27. The zero-order chi connectivity index (χ0) is 23.3. The van der Waals surface area contributed by atoms with Gasteiger partial charge in [-0.15, -0.1) is 0 Å². The third-order valence-electron chi connectivity index (χ3n) is 6.27. The average Bonchev–Trinajstić information content (AvgIpc) is 3.36. The Hall–Kier alpha value is -4.13. The fourth-order valence-electron chi connectivity index (χ4n) is 4.39. The Morgan fingerprint density at radius 3 is 2.56 bits per heavy atom. The van der Waals surface area contributed by atoms with E-state index < -0.39 is 0 Å². The largest absolute Gasteiger partial charge is 0.367 e. The molecule has 172 valence electrons. The second kappa shape index (κ2) is 9.79. The van der Waals surface area contributed by atoms with Crippen molar-refractivity contribution in [2.45, 2.75) is 18.9 Å². The molecule has 2 aromatic heterocycles. The van der Waals surface area contributed by atoms with Crippen LogP contribution in [-0.2, 0) is 4.79 Å². The molecule has 5 rings (SSSR count). The highest BCUT2D eigenvalue weighted by atomic mass is 16.2. The van der Waals surface area contributed by atoms with Crippen molar-refractivity contribution in [2.75, 3.05) is 29.9 Å². The van der Waals surface area contributed by atoms with Crippen molar-refractivity contribution in [3.63, 3.8) is 0 Å². The first kappa shape index (κ1) is 21.7. The Bertz CT molecular complexity index is 1260. The molecule has 3 heterocycles. The van der Waals surface area contributed by atoms with Crippen LogP contribution in [0.15, 0.2) is 85.2 Å². The summed E-state index contributed by atoms with van der Waals surface area (Å²) in [6, 6.07) is 23.0. The van der Waals surface area contributed by atoms with Gasteiger partial charge in [-0.05, 0) is 60.7 Å². The quantitative estimate of drug-likeness (QED) is 0.456. The van der Waals surface area contributed by atoms with Gasteiger partial charge in [0.1, 0.15) is 12.4 Å². The van der Waals surface area contributed by atoms with Gasteiger partial charge in [-0.1, -0.05) is 30.3 Å². The molecule has 0 aliphatic carbocycles. The van der Waals surface area contributed by atoms with E-state index in [0.29, 0.717) is 24.3 Å². The SMILES string of the molecule is O=C(CN(C(=O)c1ccc2cc[nH]c2c1)c1ccccc1)N1CCC(Nc2ccccn2)CC1. The monoisotopic (exact) mass is 453 g/mol. The molecule has 0 bridgehead atoms. The minimum atomic E-state index is -0.192. The van der Waals surface area contributed by atoms with Gasteiger partial charge in [0.25, 0.3) is 5.91 Å². The van der Waals surface area contributed by atoms with Gasteiger partial charge in [0, 0.05) is 48.3 Å². The number of H-pyrrole nitrogens is 1. The van der Waals surface area contributed by atoms with E-state index in [1.807, 2.05) is 83.9 Å². The summed E-state index contributed by atoms with van der Waals surface area (Å²) >= 11 is 0. The maximum absolute atomic E-state index is 13.5. The number of aromatic nitrogens is 2. The number of amides is 2. The Morgan fingerprint density at radius 1 is 1.00 bits per heavy atom. The van der Waals surface area contributed by atoms with Gasteiger partial charge in [0.2, 0.25) is 5.91 Å². The van der Waals surface area contributed by atoms with Crippen molar-refractivity contribution in [2.24, 2.45) is 0 Å². The van der Waals surface area contributed by atoms with Gasteiger partial charge < -0.3 is 15.2 Å². The normalized spacial score (nSPS) is 14.2. The molecule has 0 spiro atoms. The van der Waals surface area contributed by atoms with Crippen LogP contribution < -0.4 is 10.2 Å². The smallest absolute Gasteiger partial charge is 0.258 e. The minimum absolute atomic E-state index is 0.00391. The summed E-state index contributed by atoms with van der Waals surface area (Å²) in [4.78, 5) is 37.7. The van der Waals surface area contributed by atoms with E-state index in [0.717, 1.165) is 29.6 Å². The number of hydrogen-bond acceptors (Lipinski definition) is 4. The zero-order valence-electron chi connectivity index (χ0n) is 18.9. The summed E-state index contributed by atoms with van der Waals surface area (Å²) in [5.41, 5.74) is 2.15. The van der Waals surface area contributed by atoms with Gasteiger partial charge >= 0.3 is 0 Å². The predicted octanol–water partition coefficient (Wildman–Crippen LogP) is 4.31. The molecule has 2 amide bonds. The first-order chi connectivity index (χ1) is 16.7. The van der Waals surface area contributed by atoms with Crippen LogP contribution in [0.3, 0.4) is 0 Å². The Labute approximate surface area is 198 Å². The van der Waals surface area contributed by atoms with Crippen LogP contribution >= 0.6 is 0 Å². The number of aromatic amines is 1. The first-order valence-corrected chi connectivity index (χ1v) is 11.6. The van der Waals surface area contributed by atoms with E-state index >= 15 is 0 Å². The number of carbonyl (C=O) groups is 2. The molecule has 0 unspecified atom stereocenters. The van der Waals surface area contributed by atoms with Crippen molar-refractivity contribution in [3.8, 4) is 0 Å². The van der Waals surface area contributed by atoms with E-state index in [1.165, 1.54) is 0 Å². The molecule has 4 aromatic rings. The molecule has 7 heteroatoms. The second-order valence-electron chi connectivity index (χ2n) is 8.52. The Kier molecular flexibility index (Phi) is 6.25. The van der Waals surface area contributed by atoms with Crippen LogP contribution in [0.5, 0.6) is 0 Å². The first-order valence-electron chi connectivity index (χ1n) is 11.6. The average molecular weight is 454 g/mol. The number of nitrogens with zero attached hydrogens (tertiary/aromatic N) is 3. The van der Waals surface area contributed by atoms with E-state index in [4.69, 9.17) is 0 Å². The Balaban J connectivity index is 1.28. The number of nitrogens with one attached hydrogen (secondary N) is 2. The summed E-state index contributed by atoms with van der Waals surface area (Å²) in [6.07, 6.45) is 5.30. The van der Waals surface area contributed by atoms with E-state index in [2.05, 4.69) is 15.3 Å². The molecule has 0 radical (unpaired) electrons. The van der Waals surface area contributed by atoms with Crippen LogP contribution in [0.25, 0.3) is 10.9 Å². The van der Waals surface area contributed by atoms with Crippen LogP contribution in [0.1, 0.15) is 23.2 Å². The fourth-order valence-corrected chi connectivity index (χ4v) is 4.39. The molecule has 1 saturated heterocycles. The molecule has 7 nitrogen and oxygen atoms in total. The molecule has 1 aliphatic rings. The minimum Gasteiger partial charge on any atom is -0.367 e. The standard InChI is InChI=1S/C27H27N5O2/c33-26(31-16-12-22(13-17-31)30-25-8-4-5-14-29-25)19-32(23-6-2-1-3-7-23)27(34)21-10-9-20-11-15-28-24(20)18-21/h1-11,14-15,18,22,28H,12-13,16-17,19H2,(H,29,30). The number of hydrogen-bond donors (Lipinski definition) is 2. The summed E-state index contributed by atoms with van der Waals surface area (Å²) in [5, 5.41) is 4.49. The van der Waals surface area contributed by atoms with Gasteiger partial charge in [-0.25, -0.2) is 4.98 Å². The maximum atomic E-state index is 13.5. The van der Waals surface area contributed by atoms with Crippen molar-refractivity contribution < 1.29 is 9.59 Å².